The van der Waals surface area contributed by atoms with Gasteiger partial charge >= 0.3 is 0 Å². The van der Waals surface area contributed by atoms with E-state index in [4.69, 9.17) is 0 Å². The second kappa shape index (κ2) is 12.2. The first-order valence-electron chi connectivity index (χ1n) is 14.8. The van der Waals surface area contributed by atoms with Gasteiger partial charge in [-0.05, 0) is 61.1 Å². The molecule has 0 amide bonds. The van der Waals surface area contributed by atoms with Crippen molar-refractivity contribution in [2.45, 2.75) is 92.2 Å². The molecule has 0 radical (unpaired) electrons. The molecule has 202 valence electrons. The Labute approximate surface area is 245 Å². The SMILES string of the molecule is CCCC[C@H](CC)Cn1c2cc(Br)ccc2c2cc3c(cc21)c1ccc(Br)cc1n3C[C@@H](CC)CCCC. The second-order valence-electron chi connectivity index (χ2n) is 11.3. The first-order valence-corrected chi connectivity index (χ1v) is 16.4. The lowest BCUT2D eigenvalue weighted by atomic mass is 9.99. The molecule has 0 spiro atoms. The van der Waals surface area contributed by atoms with Gasteiger partial charge in [0, 0.05) is 54.6 Å². The fraction of sp³-hybridized carbons (Fsp3) is 0.471. The van der Waals surface area contributed by atoms with Crippen LogP contribution in [0.5, 0.6) is 0 Å². The number of hydrogen-bond donors (Lipinski definition) is 0. The minimum atomic E-state index is 0.699. The summed E-state index contributed by atoms with van der Waals surface area (Å²) in [5.74, 6) is 1.40. The van der Waals surface area contributed by atoms with E-state index in [9.17, 15) is 0 Å². The molecule has 0 saturated heterocycles. The summed E-state index contributed by atoms with van der Waals surface area (Å²) >= 11 is 7.54. The van der Waals surface area contributed by atoms with Crippen LogP contribution in [0.1, 0.15) is 79.1 Å². The Morgan fingerprint density at radius 1 is 0.553 bits per heavy atom. The lowest BCUT2D eigenvalue weighted by molar-refractivity contribution is 0.400. The van der Waals surface area contributed by atoms with Gasteiger partial charge in [0.1, 0.15) is 0 Å². The lowest BCUT2D eigenvalue weighted by Gasteiger charge is -2.18. The highest BCUT2D eigenvalue weighted by molar-refractivity contribution is 9.10. The molecule has 2 nitrogen and oxygen atoms in total. The maximum atomic E-state index is 3.77. The number of rotatable bonds is 12. The fourth-order valence-electron chi connectivity index (χ4n) is 6.37. The summed E-state index contributed by atoms with van der Waals surface area (Å²) in [6.07, 6.45) is 10.2. The van der Waals surface area contributed by atoms with E-state index in [0.717, 1.165) is 22.0 Å². The molecule has 0 unspecified atom stereocenters. The predicted molar refractivity (Wildman–Crippen MR) is 174 cm³/mol. The Kier molecular flexibility index (Phi) is 8.89. The summed E-state index contributed by atoms with van der Waals surface area (Å²) < 4.78 is 7.55. The van der Waals surface area contributed by atoms with Crippen molar-refractivity contribution in [3.8, 4) is 0 Å². The maximum absolute atomic E-state index is 3.77. The van der Waals surface area contributed by atoms with Crippen LogP contribution in [0.3, 0.4) is 0 Å². The molecule has 0 N–H and O–H groups in total. The highest BCUT2D eigenvalue weighted by Gasteiger charge is 2.20. The first-order chi connectivity index (χ1) is 18.5. The largest absolute Gasteiger partial charge is 0.340 e. The summed E-state index contributed by atoms with van der Waals surface area (Å²) in [7, 11) is 0. The van der Waals surface area contributed by atoms with E-state index in [2.05, 4.69) is 117 Å². The van der Waals surface area contributed by atoms with Gasteiger partial charge in [0.15, 0.2) is 0 Å². The standard InChI is InChI=1S/C34H42Br2N2/c1-5-9-11-23(7-3)21-37-31-17-25(35)13-15-27(31)29-20-34-30(19-33(29)37)28-16-14-26(36)18-32(28)38(34)22-24(8-4)12-10-6-2/h13-20,23-24H,5-12,21-22H2,1-4H3/t23-,24-/m0/s1. The van der Waals surface area contributed by atoms with Gasteiger partial charge in [0.05, 0.1) is 11.0 Å². The molecule has 2 atom stereocenters. The molecule has 2 heterocycles. The monoisotopic (exact) mass is 636 g/mol. The van der Waals surface area contributed by atoms with Crippen molar-refractivity contribution < 1.29 is 0 Å². The predicted octanol–water partition coefficient (Wildman–Crippen LogP) is 11.9. The minimum absolute atomic E-state index is 0.699. The van der Waals surface area contributed by atoms with Crippen molar-refractivity contribution in [1.29, 1.82) is 0 Å². The van der Waals surface area contributed by atoms with E-state index in [1.54, 1.807) is 0 Å². The van der Waals surface area contributed by atoms with Gasteiger partial charge in [0.2, 0.25) is 0 Å². The van der Waals surface area contributed by atoms with Crippen molar-refractivity contribution in [3.63, 3.8) is 0 Å². The molecular weight excluding hydrogens is 596 g/mol. The first kappa shape index (κ1) is 27.8. The van der Waals surface area contributed by atoms with Gasteiger partial charge in [-0.3, -0.25) is 0 Å². The summed E-state index contributed by atoms with van der Waals surface area (Å²) in [5.41, 5.74) is 5.45. The molecule has 0 saturated carbocycles. The molecule has 0 aliphatic carbocycles. The van der Waals surface area contributed by atoms with Crippen molar-refractivity contribution in [3.05, 3.63) is 57.5 Å². The zero-order chi connectivity index (χ0) is 26.8. The lowest BCUT2D eigenvalue weighted by Crippen LogP contribution is -2.10. The second-order valence-corrected chi connectivity index (χ2v) is 13.1. The Hall–Kier alpha value is -1.78. The topological polar surface area (TPSA) is 9.86 Å². The van der Waals surface area contributed by atoms with Gasteiger partial charge < -0.3 is 9.13 Å². The van der Waals surface area contributed by atoms with Gasteiger partial charge in [-0.2, -0.15) is 0 Å². The average molecular weight is 639 g/mol. The molecular formula is C34H42Br2N2. The van der Waals surface area contributed by atoms with Crippen LogP contribution in [-0.2, 0) is 13.1 Å². The van der Waals surface area contributed by atoms with Crippen LogP contribution in [0.15, 0.2) is 57.5 Å². The summed E-state index contributed by atoms with van der Waals surface area (Å²) in [6.45, 7) is 11.5. The van der Waals surface area contributed by atoms with Crippen LogP contribution in [0.4, 0.5) is 0 Å². The van der Waals surface area contributed by atoms with E-state index in [0.29, 0.717) is 11.8 Å². The van der Waals surface area contributed by atoms with Gasteiger partial charge in [0.25, 0.3) is 0 Å². The minimum Gasteiger partial charge on any atom is -0.340 e. The smallest absolute Gasteiger partial charge is 0.0502 e. The van der Waals surface area contributed by atoms with Crippen LogP contribution in [0.25, 0.3) is 43.6 Å². The molecule has 3 aromatic carbocycles. The van der Waals surface area contributed by atoms with Gasteiger partial charge in [-0.1, -0.05) is 110 Å². The van der Waals surface area contributed by atoms with Gasteiger partial charge in [-0.15, -0.1) is 0 Å². The highest BCUT2D eigenvalue weighted by atomic mass is 79.9. The van der Waals surface area contributed by atoms with E-state index in [-0.39, 0.29) is 0 Å². The maximum Gasteiger partial charge on any atom is 0.0502 e. The van der Waals surface area contributed by atoms with Crippen LogP contribution in [0.2, 0.25) is 0 Å². The van der Waals surface area contributed by atoms with E-state index in [1.807, 2.05) is 0 Å². The van der Waals surface area contributed by atoms with Crippen molar-refractivity contribution >= 4 is 75.5 Å². The zero-order valence-electron chi connectivity index (χ0n) is 23.5. The van der Waals surface area contributed by atoms with Crippen molar-refractivity contribution in [1.82, 2.24) is 9.13 Å². The third-order valence-corrected chi connectivity index (χ3v) is 9.73. The van der Waals surface area contributed by atoms with Crippen LogP contribution >= 0.6 is 31.9 Å². The normalized spacial score (nSPS) is 13.8. The third kappa shape index (κ3) is 5.32. The van der Waals surface area contributed by atoms with E-state index >= 15 is 0 Å². The highest BCUT2D eigenvalue weighted by Crippen LogP contribution is 2.39. The fourth-order valence-corrected chi connectivity index (χ4v) is 7.07. The van der Waals surface area contributed by atoms with E-state index < -0.39 is 0 Å². The number of unbranched alkanes of at least 4 members (excludes halogenated alkanes) is 2. The summed E-state index contributed by atoms with van der Waals surface area (Å²) in [5, 5.41) is 5.50. The molecule has 38 heavy (non-hydrogen) atoms. The van der Waals surface area contributed by atoms with Crippen molar-refractivity contribution in [2.24, 2.45) is 11.8 Å². The number of halogens is 2. The Balaban J connectivity index is 1.76. The molecule has 4 heteroatoms. The molecule has 0 aliphatic rings. The van der Waals surface area contributed by atoms with Crippen LogP contribution < -0.4 is 0 Å². The third-order valence-electron chi connectivity index (χ3n) is 8.75. The van der Waals surface area contributed by atoms with Crippen molar-refractivity contribution in [2.75, 3.05) is 0 Å². The number of benzene rings is 3. The number of hydrogen-bond acceptors (Lipinski definition) is 0. The quantitative estimate of drug-likeness (QED) is 0.129. The van der Waals surface area contributed by atoms with E-state index in [1.165, 1.54) is 95.0 Å². The zero-order valence-corrected chi connectivity index (χ0v) is 26.7. The van der Waals surface area contributed by atoms with Crippen LogP contribution in [-0.4, -0.2) is 9.13 Å². The molecule has 0 bridgehead atoms. The average Bonchev–Trinajstić information content (AvgIpc) is 3.38. The summed E-state index contributed by atoms with van der Waals surface area (Å²) in [4.78, 5) is 0. The Bertz CT molecular complexity index is 1440. The van der Waals surface area contributed by atoms with Gasteiger partial charge in [-0.25, -0.2) is 0 Å². The Morgan fingerprint density at radius 2 is 0.947 bits per heavy atom. The molecule has 5 rings (SSSR count). The number of nitrogens with zero attached hydrogens (tertiary/aromatic N) is 2. The number of fused-ring (bicyclic) bond motifs is 6. The van der Waals surface area contributed by atoms with Crippen LogP contribution in [0, 0.1) is 11.8 Å². The molecule has 0 aliphatic heterocycles. The molecule has 5 aromatic rings. The summed E-state index contributed by atoms with van der Waals surface area (Å²) in [6, 6.07) is 18.7. The Morgan fingerprint density at radius 3 is 1.32 bits per heavy atom. The molecule has 2 aromatic heterocycles. The number of aromatic nitrogens is 2. The molecule has 0 fully saturated rings.